The van der Waals surface area contributed by atoms with Gasteiger partial charge in [0.15, 0.2) is 11.5 Å². The van der Waals surface area contributed by atoms with Crippen molar-refractivity contribution < 1.29 is 19.0 Å². The molecule has 0 aromatic heterocycles. The zero-order valence-corrected chi connectivity index (χ0v) is 17.4. The van der Waals surface area contributed by atoms with Gasteiger partial charge in [0.25, 0.3) is 0 Å². The summed E-state index contributed by atoms with van der Waals surface area (Å²) in [6.07, 6.45) is 0. The Bertz CT molecular complexity index is 729. The molecule has 0 heterocycles. The zero-order valence-electron chi connectivity index (χ0n) is 15.0. The minimum atomic E-state index is -0.411. The van der Waals surface area contributed by atoms with E-state index >= 15 is 0 Å². The second-order valence-electron chi connectivity index (χ2n) is 5.70. The van der Waals surface area contributed by atoms with Crippen molar-refractivity contribution in [2.75, 3.05) is 33.4 Å². The zero-order chi connectivity index (χ0) is 19.6. The lowest BCUT2D eigenvalue weighted by atomic mass is 10.1. The van der Waals surface area contributed by atoms with Crippen LogP contribution >= 0.6 is 27.5 Å². The maximum absolute atomic E-state index is 14.0. The molecule has 3 N–H and O–H groups in total. The quantitative estimate of drug-likeness (QED) is 0.447. The highest BCUT2D eigenvalue weighted by Crippen LogP contribution is 2.37. The van der Waals surface area contributed by atoms with Gasteiger partial charge in [-0.25, -0.2) is 4.39 Å². The highest BCUT2D eigenvalue weighted by Gasteiger charge is 2.16. The van der Waals surface area contributed by atoms with Gasteiger partial charge in [-0.1, -0.05) is 33.6 Å². The number of halogens is 3. The first-order valence-corrected chi connectivity index (χ1v) is 9.69. The van der Waals surface area contributed by atoms with Crippen molar-refractivity contribution in [3.8, 4) is 11.5 Å². The first-order valence-electron chi connectivity index (χ1n) is 8.51. The van der Waals surface area contributed by atoms with Crippen molar-refractivity contribution >= 4 is 27.5 Å². The lowest BCUT2D eigenvalue weighted by Gasteiger charge is -2.18. The number of aliphatic hydroxyl groups excluding tert-OH is 1. The van der Waals surface area contributed by atoms with Crippen LogP contribution in [-0.2, 0) is 13.2 Å². The van der Waals surface area contributed by atoms with Gasteiger partial charge in [0.1, 0.15) is 12.4 Å². The van der Waals surface area contributed by atoms with Gasteiger partial charge in [0, 0.05) is 41.8 Å². The molecular formula is C19H23BrClFN2O3. The maximum Gasteiger partial charge on any atom is 0.167 e. The van der Waals surface area contributed by atoms with Crippen molar-refractivity contribution in [1.82, 2.24) is 10.6 Å². The number of hydrogen-bond acceptors (Lipinski definition) is 5. The first kappa shape index (κ1) is 21.9. The van der Waals surface area contributed by atoms with E-state index in [0.29, 0.717) is 41.7 Å². The molecule has 27 heavy (non-hydrogen) atoms. The Hall–Kier alpha value is -1.38. The average Bonchev–Trinajstić information content (AvgIpc) is 2.65. The lowest BCUT2D eigenvalue weighted by Crippen LogP contribution is -2.29. The summed E-state index contributed by atoms with van der Waals surface area (Å²) in [5.74, 6) is 0.675. The summed E-state index contributed by atoms with van der Waals surface area (Å²) in [7, 11) is 1.56. The number of hydrogen-bond donors (Lipinski definition) is 3. The molecule has 2 rings (SSSR count). The van der Waals surface area contributed by atoms with Crippen LogP contribution in [0.1, 0.15) is 11.1 Å². The molecule has 2 aromatic rings. The van der Waals surface area contributed by atoms with E-state index in [1.807, 2.05) is 6.07 Å². The van der Waals surface area contributed by atoms with Crippen molar-refractivity contribution in [3.63, 3.8) is 0 Å². The minimum absolute atomic E-state index is 0.0105. The molecular weight excluding hydrogens is 439 g/mol. The van der Waals surface area contributed by atoms with Gasteiger partial charge in [0.2, 0.25) is 0 Å². The summed E-state index contributed by atoms with van der Waals surface area (Å²) < 4.78 is 26.2. The molecule has 0 saturated carbocycles. The van der Waals surface area contributed by atoms with E-state index in [-0.39, 0.29) is 13.2 Å². The van der Waals surface area contributed by atoms with E-state index in [1.54, 1.807) is 25.3 Å². The largest absolute Gasteiger partial charge is 0.493 e. The molecule has 0 radical (unpaired) electrons. The number of methoxy groups -OCH3 is 1. The third-order valence-corrected chi connectivity index (χ3v) is 4.98. The van der Waals surface area contributed by atoms with Crippen LogP contribution in [0, 0.1) is 5.82 Å². The van der Waals surface area contributed by atoms with Crippen LogP contribution in [0.3, 0.4) is 0 Å². The fourth-order valence-corrected chi connectivity index (χ4v) is 3.14. The Kier molecular flexibility index (Phi) is 9.30. The molecule has 0 aliphatic rings. The molecule has 0 unspecified atom stereocenters. The van der Waals surface area contributed by atoms with Crippen molar-refractivity contribution in [1.29, 1.82) is 0 Å². The van der Waals surface area contributed by atoms with E-state index in [2.05, 4.69) is 26.6 Å². The summed E-state index contributed by atoms with van der Waals surface area (Å²) >= 11 is 9.62. The average molecular weight is 462 g/mol. The monoisotopic (exact) mass is 460 g/mol. The number of ether oxygens (including phenoxy) is 2. The Labute approximate surface area is 172 Å². The molecule has 148 valence electrons. The second-order valence-corrected chi connectivity index (χ2v) is 6.96. The molecule has 0 bridgehead atoms. The van der Waals surface area contributed by atoms with Gasteiger partial charge >= 0.3 is 0 Å². The highest BCUT2D eigenvalue weighted by molar-refractivity contribution is 9.10. The maximum atomic E-state index is 14.0. The fourth-order valence-electron chi connectivity index (χ4n) is 2.47. The molecule has 8 heteroatoms. The Morgan fingerprint density at radius 3 is 2.59 bits per heavy atom. The van der Waals surface area contributed by atoms with Crippen LogP contribution in [0.5, 0.6) is 11.5 Å². The molecule has 0 fully saturated rings. The molecule has 0 amide bonds. The van der Waals surface area contributed by atoms with Crippen LogP contribution in [0.4, 0.5) is 4.39 Å². The highest BCUT2D eigenvalue weighted by atomic mass is 79.9. The second kappa shape index (κ2) is 11.5. The summed E-state index contributed by atoms with van der Waals surface area (Å²) in [6, 6.07) is 8.20. The number of rotatable bonds is 11. The van der Waals surface area contributed by atoms with Gasteiger partial charge in [-0.3, -0.25) is 0 Å². The predicted molar refractivity (Wildman–Crippen MR) is 108 cm³/mol. The van der Waals surface area contributed by atoms with Crippen molar-refractivity contribution in [2.45, 2.75) is 13.2 Å². The van der Waals surface area contributed by atoms with E-state index < -0.39 is 5.82 Å². The van der Waals surface area contributed by atoms with E-state index in [0.717, 1.165) is 16.6 Å². The van der Waals surface area contributed by atoms with Gasteiger partial charge < -0.3 is 25.2 Å². The Morgan fingerprint density at radius 2 is 1.89 bits per heavy atom. The summed E-state index contributed by atoms with van der Waals surface area (Å²) in [5.41, 5.74) is 1.16. The molecule has 0 aliphatic carbocycles. The SMILES string of the molecule is COc1ccc(Br)c(CNCCNCCO)c1OCc1c(F)cccc1Cl. The molecule has 0 atom stereocenters. The Balaban J connectivity index is 2.12. The minimum Gasteiger partial charge on any atom is -0.493 e. The van der Waals surface area contributed by atoms with E-state index in [4.69, 9.17) is 26.2 Å². The number of nitrogens with one attached hydrogen (secondary N) is 2. The van der Waals surface area contributed by atoms with Crippen LogP contribution in [0.25, 0.3) is 0 Å². The lowest BCUT2D eigenvalue weighted by molar-refractivity contribution is 0.275. The van der Waals surface area contributed by atoms with Gasteiger partial charge in [-0.2, -0.15) is 0 Å². The van der Waals surface area contributed by atoms with Crippen LogP contribution in [0.2, 0.25) is 5.02 Å². The predicted octanol–water partition coefficient (Wildman–Crippen LogP) is 3.50. The first-order chi connectivity index (χ1) is 13.1. The topological polar surface area (TPSA) is 62.8 Å². The molecule has 0 aliphatic heterocycles. The molecule has 0 spiro atoms. The molecule has 2 aromatic carbocycles. The standard InChI is InChI=1S/C19H23BrClFN2O3/c1-26-18-6-5-15(20)13(11-24-8-7-23-9-10-25)19(18)27-12-14-16(21)3-2-4-17(14)22/h2-6,23-25H,7-12H2,1H3. The third-order valence-electron chi connectivity index (χ3n) is 3.88. The van der Waals surface area contributed by atoms with E-state index in [1.165, 1.54) is 6.07 Å². The molecule has 0 saturated heterocycles. The molecule has 5 nitrogen and oxygen atoms in total. The summed E-state index contributed by atoms with van der Waals surface area (Å²) in [5, 5.41) is 15.5. The van der Waals surface area contributed by atoms with Gasteiger partial charge in [0.05, 0.1) is 18.7 Å². The van der Waals surface area contributed by atoms with Crippen molar-refractivity contribution in [2.24, 2.45) is 0 Å². The van der Waals surface area contributed by atoms with Gasteiger partial charge in [-0.15, -0.1) is 0 Å². The van der Waals surface area contributed by atoms with Gasteiger partial charge in [-0.05, 0) is 24.3 Å². The van der Waals surface area contributed by atoms with Crippen LogP contribution in [0.15, 0.2) is 34.8 Å². The van der Waals surface area contributed by atoms with Crippen molar-refractivity contribution in [3.05, 3.63) is 56.8 Å². The smallest absolute Gasteiger partial charge is 0.167 e. The third kappa shape index (κ3) is 6.33. The Morgan fingerprint density at radius 1 is 1.11 bits per heavy atom. The summed E-state index contributed by atoms with van der Waals surface area (Å²) in [6.45, 7) is 2.62. The fraction of sp³-hybridized carbons (Fsp3) is 0.368. The summed E-state index contributed by atoms with van der Waals surface area (Å²) in [4.78, 5) is 0. The van der Waals surface area contributed by atoms with E-state index in [9.17, 15) is 4.39 Å². The van der Waals surface area contributed by atoms with Crippen LogP contribution in [-0.4, -0.2) is 38.5 Å². The number of aliphatic hydroxyl groups is 1. The normalized spacial score (nSPS) is 10.9. The van der Waals surface area contributed by atoms with Crippen LogP contribution < -0.4 is 20.1 Å². The number of benzene rings is 2.